The molecular formula is C9H16N2S3. The van der Waals surface area contributed by atoms with Crippen LogP contribution in [0.4, 0.5) is 0 Å². The predicted molar refractivity (Wildman–Crippen MR) is 67.0 cm³/mol. The molecule has 0 atom stereocenters. The van der Waals surface area contributed by atoms with Crippen molar-refractivity contribution in [1.82, 2.24) is 10.2 Å². The number of nitrogens with zero attached hydrogens (tertiary/aromatic N) is 2. The Kier molecular flexibility index (Phi) is 7.54. The van der Waals surface area contributed by atoms with Gasteiger partial charge in [0.15, 0.2) is 4.34 Å². The summed E-state index contributed by atoms with van der Waals surface area (Å²) in [5.41, 5.74) is 1.78. The largest absolute Gasteiger partial charge is 0.184 e. The van der Waals surface area contributed by atoms with Crippen LogP contribution in [0.25, 0.3) is 0 Å². The van der Waals surface area contributed by atoms with Gasteiger partial charge in [-0.25, -0.2) is 0 Å². The highest BCUT2D eigenvalue weighted by molar-refractivity contribution is 8.77. The molecule has 0 amide bonds. The minimum Gasteiger partial charge on any atom is -0.146 e. The van der Waals surface area contributed by atoms with E-state index in [2.05, 4.69) is 17.1 Å². The van der Waals surface area contributed by atoms with E-state index in [0.717, 1.165) is 4.34 Å². The van der Waals surface area contributed by atoms with Gasteiger partial charge in [-0.1, -0.05) is 54.7 Å². The summed E-state index contributed by atoms with van der Waals surface area (Å²) in [4.78, 5) is 0. The first-order valence-electron chi connectivity index (χ1n) is 4.99. The van der Waals surface area contributed by atoms with Crippen LogP contribution in [0.15, 0.2) is 9.85 Å². The second-order valence-electron chi connectivity index (χ2n) is 3.02. The van der Waals surface area contributed by atoms with Crippen LogP contribution in [-0.4, -0.2) is 16.0 Å². The van der Waals surface area contributed by atoms with E-state index in [1.165, 1.54) is 37.9 Å². The molecule has 0 unspecified atom stereocenters. The molecule has 0 aliphatic heterocycles. The molecule has 1 heterocycles. The van der Waals surface area contributed by atoms with E-state index in [-0.39, 0.29) is 0 Å². The zero-order valence-corrected chi connectivity index (χ0v) is 10.9. The molecule has 1 aromatic rings. The summed E-state index contributed by atoms with van der Waals surface area (Å²) in [6, 6.07) is 0. The average molecular weight is 248 g/mol. The summed E-state index contributed by atoms with van der Waals surface area (Å²) in [5, 5.41) is 7.77. The van der Waals surface area contributed by atoms with Crippen LogP contribution in [-0.2, 0) is 0 Å². The third kappa shape index (κ3) is 5.88. The van der Waals surface area contributed by atoms with Crippen molar-refractivity contribution in [3.05, 3.63) is 5.51 Å². The maximum Gasteiger partial charge on any atom is 0.184 e. The predicted octanol–water partition coefficient (Wildman–Crippen LogP) is 4.25. The quantitative estimate of drug-likeness (QED) is 0.507. The highest BCUT2D eigenvalue weighted by Crippen LogP contribution is 2.32. The lowest BCUT2D eigenvalue weighted by Gasteiger charge is -1.98. The normalized spacial score (nSPS) is 10.6. The molecule has 0 fully saturated rings. The van der Waals surface area contributed by atoms with Crippen LogP contribution in [0.2, 0.25) is 0 Å². The van der Waals surface area contributed by atoms with E-state index < -0.39 is 0 Å². The minimum atomic E-state index is 1.07. The minimum absolute atomic E-state index is 1.07. The highest BCUT2D eigenvalue weighted by atomic mass is 33.1. The van der Waals surface area contributed by atoms with E-state index >= 15 is 0 Å². The van der Waals surface area contributed by atoms with Gasteiger partial charge in [-0.3, -0.25) is 0 Å². The molecule has 0 aromatic carbocycles. The first-order valence-corrected chi connectivity index (χ1v) is 8.19. The summed E-state index contributed by atoms with van der Waals surface area (Å²) in [6.07, 6.45) is 6.80. The Balaban J connectivity index is 1.85. The third-order valence-corrected chi connectivity index (χ3v) is 5.26. The topological polar surface area (TPSA) is 25.8 Å². The molecular weight excluding hydrogens is 232 g/mol. The Bertz CT molecular complexity index is 214. The average Bonchev–Trinajstić information content (AvgIpc) is 2.69. The van der Waals surface area contributed by atoms with Gasteiger partial charge in [0.05, 0.1) is 0 Å². The van der Waals surface area contributed by atoms with Crippen LogP contribution < -0.4 is 0 Å². The first-order chi connectivity index (χ1) is 6.93. The van der Waals surface area contributed by atoms with Gasteiger partial charge in [0.2, 0.25) is 0 Å². The second-order valence-corrected chi connectivity index (χ2v) is 6.52. The fraction of sp³-hybridized carbons (Fsp3) is 0.778. The second kappa shape index (κ2) is 8.56. The maximum atomic E-state index is 3.97. The molecule has 0 saturated heterocycles. The van der Waals surface area contributed by atoms with Crippen LogP contribution >= 0.6 is 32.9 Å². The lowest BCUT2D eigenvalue weighted by molar-refractivity contribution is 0.660. The Morgan fingerprint density at radius 3 is 2.86 bits per heavy atom. The molecule has 0 aliphatic rings. The first kappa shape index (κ1) is 12.3. The fourth-order valence-electron chi connectivity index (χ4n) is 1.06. The van der Waals surface area contributed by atoms with Crippen molar-refractivity contribution >= 4 is 32.9 Å². The van der Waals surface area contributed by atoms with Crippen LogP contribution in [0.1, 0.15) is 39.0 Å². The summed E-state index contributed by atoms with van der Waals surface area (Å²) in [6.45, 7) is 2.25. The van der Waals surface area contributed by atoms with Gasteiger partial charge < -0.3 is 0 Å². The zero-order valence-electron chi connectivity index (χ0n) is 8.44. The van der Waals surface area contributed by atoms with Crippen LogP contribution in [0.3, 0.4) is 0 Å². The summed E-state index contributed by atoms with van der Waals surface area (Å²) < 4.78 is 1.07. The van der Waals surface area contributed by atoms with E-state index in [9.17, 15) is 0 Å². The standard InChI is InChI=1S/C9H16N2S3/c1-2-3-4-5-6-7-13-14-9-11-10-8-12-9/h8H,2-7H2,1H3. The Labute approximate surface area is 97.7 Å². The third-order valence-electron chi connectivity index (χ3n) is 1.80. The zero-order chi connectivity index (χ0) is 10.1. The highest BCUT2D eigenvalue weighted by Gasteiger charge is 1.97. The molecule has 0 aliphatic carbocycles. The van der Waals surface area contributed by atoms with E-state index in [4.69, 9.17) is 0 Å². The van der Waals surface area contributed by atoms with Crippen molar-refractivity contribution in [2.24, 2.45) is 0 Å². The molecule has 0 spiro atoms. The van der Waals surface area contributed by atoms with Crippen molar-refractivity contribution in [3.63, 3.8) is 0 Å². The molecule has 0 saturated carbocycles. The smallest absolute Gasteiger partial charge is 0.146 e. The molecule has 1 rings (SSSR count). The molecule has 0 bridgehead atoms. The summed E-state index contributed by atoms with van der Waals surface area (Å²) in [5.74, 6) is 1.23. The monoisotopic (exact) mass is 248 g/mol. The van der Waals surface area contributed by atoms with Gasteiger partial charge in [-0.05, 0) is 17.2 Å². The van der Waals surface area contributed by atoms with Crippen molar-refractivity contribution in [1.29, 1.82) is 0 Å². The lowest BCUT2D eigenvalue weighted by atomic mass is 10.2. The number of hydrogen-bond donors (Lipinski definition) is 0. The van der Waals surface area contributed by atoms with Gasteiger partial charge in [-0.15, -0.1) is 10.2 Å². The van der Waals surface area contributed by atoms with E-state index in [1.54, 1.807) is 27.6 Å². The molecule has 0 radical (unpaired) electrons. The van der Waals surface area contributed by atoms with Crippen LogP contribution in [0.5, 0.6) is 0 Å². The summed E-state index contributed by atoms with van der Waals surface area (Å²) >= 11 is 1.61. The van der Waals surface area contributed by atoms with Gasteiger partial charge >= 0.3 is 0 Å². The van der Waals surface area contributed by atoms with E-state index in [0.29, 0.717) is 0 Å². The Morgan fingerprint density at radius 1 is 1.29 bits per heavy atom. The van der Waals surface area contributed by atoms with Crippen LogP contribution in [0, 0.1) is 0 Å². The number of rotatable bonds is 8. The fourth-order valence-corrected chi connectivity index (χ4v) is 4.00. The van der Waals surface area contributed by atoms with Gasteiger partial charge in [0.25, 0.3) is 0 Å². The van der Waals surface area contributed by atoms with Gasteiger partial charge in [-0.2, -0.15) is 0 Å². The molecule has 0 N–H and O–H groups in total. The molecule has 1 aromatic heterocycles. The van der Waals surface area contributed by atoms with Crippen molar-refractivity contribution in [3.8, 4) is 0 Å². The molecule has 80 valence electrons. The van der Waals surface area contributed by atoms with Gasteiger partial charge in [0.1, 0.15) is 5.51 Å². The van der Waals surface area contributed by atoms with Gasteiger partial charge in [0, 0.05) is 5.75 Å². The maximum absolute atomic E-state index is 3.97. The Morgan fingerprint density at radius 2 is 2.14 bits per heavy atom. The van der Waals surface area contributed by atoms with Crippen molar-refractivity contribution < 1.29 is 0 Å². The van der Waals surface area contributed by atoms with E-state index in [1.807, 2.05) is 10.8 Å². The number of aromatic nitrogens is 2. The SMILES string of the molecule is CCCCCCCSSc1nncs1. The molecule has 2 nitrogen and oxygen atoms in total. The number of hydrogen-bond acceptors (Lipinski definition) is 5. The van der Waals surface area contributed by atoms with Crippen molar-refractivity contribution in [2.45, 2.75) is 43.4 Å². The molecule has 14 heavy (non-hydrogen) atoms. The number of unbranched alkanes of at least 4 members (excludes halogenated alkanes) is 4. The lowest BCUT2D eigenvalue weighted by Crippen LogP contribution is -1.79. The van der Waals surface area contributed by atoms with Crippen molar-refractivity contribution in [2.75, 3.05) is 5.75 Å². The molecule has 5 heteroatoms. The summed E-state index contributed by atoms with van der Waals surface area (Å²) in [7, 11) is 3.65. The Hall–Kier alpha value is 0.260.